The molecule has 1 aliphatic rings. The predicted molar refractivity (Wildman–Crippen MR) is 58.6 cm³/mol. The summed E-state index contributed by atoms with van der Waals surface area (Å²) in [6.45, 7) is 1.32. The summed E-state index contributed by atoms with van der Waals surface area (Å²) in [5.41, 5.74) is 1.14. The van der Waals surface area contributed by atoms with Gasteiger partial charge in [0.25, 0.3) is 0 Å². The smallest absolute Gasteiger partial charge is 0.304 e. The topological polar surface area (TPSA) is 37.4 Å². The Kier molecular flexibility index (Phi) is 2.88. The van der Waals surface area contributed by atoms with Gasteiger partial charge in [0.15, 0.2) is 5.78 Å². The Bertz CT molecular complexity index is 523. The summed E-state index contributed by atoms with van der Waals surface area (Å²) in [5, 5.41) is 0. The third kappa shape index (κ3) is 2.10. The number of carbonyl (C=O) groups excluding carboxylic acids is 2. The molecule has 6 heteroatoms. The van der Waals surface area contributed by atoms with E-state index in [0.29, 0.717) is 22.4 Å². The van der Waals surface area contributed by atoms with E-state index in [1.165, 1.54) is 13.0 Å². The minimum Gasteiger partial charge on any atom is -0.304 e. The van der Waals surface area contributed by atoms with Crippen LogP contribution in [0.1, 0.15) is 22.8 Å². The van der Waals surface area contributed by atoms with E-state index in [0.717, 1.165) is 0 Å². The second-order valence-corrected chi connectivity index (χ2v) is 4.10. The number of fused-ring (bicyclic) bond motifs is 1. The molecule has 0 bridgehead atoms. The minimum atomic E-state index is -4.90. The summed E-state index contributed by atoms with van der Waals surface area (Å²) in [7, 11) is 0. The molecule has 1 aliphatic heterocycles. The average Bonchev–Trinajstić information content (AvgIpc) is 2.68. The predicted octanol–water partition coefficient (Wildman–Crippen LogP) is 2.34. The van der Waals surface area contributed by atoms with E-state index in [-0.39, 0.29) is 18.0 Å². The number of halogens is 3. The summed E-state index contributed by atoms with van der Waals surface area (Å²) in [4.78, 5) is 23.1. The van der Waals surface area contributed by atoms with Crippen LogP contribution in [-0.4, -0.2) is 24.4 Å². The quantitative estimate of drug-likeness (QED) is 0.724. The van der Waals surface area contributed by atoms with Crippen LogP contribution in [0.3, 0.4) is 0 Å². The van der Waals surface area contributed by atoms with Gasteiger partial charge in [-0.1, -0.05) is 12.1 Å². The summed E-state index contributed by atoms with van der Waals surface area (Å²) in [6, 6.07) is 4.49. The number of amides is 1. The molecule has 0 spiro atoms. The van der Waals surface area contributed by atoms with Crippen molar-refractivity contribution < 1.29 is 22.8 Å². The lowest BCUT2D eigenvalue weighted by atomic mass is 10.1. The van der Waals surface area contributed by atoms with E-state index in [4.69, 9.17) is 0 Å². The van der Waals surface area contributed by atoms with Gasteiger partial charge in [0, 0.05) is 17.8 Å². The van der Waals surface area contributed by atoms with Crippen molar-refractivity contribution in [3.8, 4) is 0 Å². The van der Waals surface area contributed by atoms with Crippen LogP contribution in [0.2, 0.25) is 0 Å². The van der Waals surface area contributed by atoms with E-state index in [1.54, 1.807) is 12.1 Å². The zero-order chi connectivity index (χ0) is 13.5. The normalized spacial score (nSPS) is 14.6. The van der Waals surface area contributed by atoms with Crippen LogP contribution in [0.4, 0.5) is 18.9 Å². The van der Waals surface area contributed by atoms with Crippen LogP contribution in [-0.2, 0) is 11.2 Å². The number of rotatable bonds is 1. The van der Waals surface area contributed by atoms with Crippen molar-refractivity contribution in [3.63, 3.8) is 0 Å². The molecule has 0 radical (unpaired) electrons. The van der Waals surface area contributed by atoms with Crippen molar-refractivity contribution in [2.45, 2.75) is 19.5 Å². The fourth-order valence-electron chi connectivity index (χ4n) is 1.96. The summed E-state index contributed by atoms with van der Waals surface area (Å²) in [5.74, 6) is -2.13. The van der Waals surface area contributed by atoms with Gasteiger partial charge < -0.3 is 4.90 Å². The van der Waals surface area contributed by atoms with Crippen molar-refractivity contribution in [1.29, 1.82) is 0 Å². The van der Waals surface area contributed by atoms with Crippen LogP contribution in [0.25, 0.3) is 0 Å². The highest BCUT2D eigenvalue weighted by Crippen LogP contribution is 2.32. The summed E-state index contributed by atoms with van der Waals surface area (Å²) >= 11 is 0. The first-order valence-electron chi connectivity index (χ1n) is 5.33. The molecule has 0 atom stereocenters. The number of carbonyl (C=O) groups is 2. The second-order valence-electron chi connectivity index (χ2n) is 4.10. The fourth-order valence-corrected chi connectivity index (χ4v) is 1.96. The molecule has 2 rings (SSSR count). The van der Waals surface area contributed by atoms with Gasteiger partial charge in [0.2, 0.25) is 0 Å². The van der Waals surface area contributed by atoms with Crippen molar-refractivity contribution >= 4 is 17.4 Å². The summed E-state index contributed by atoms with van der Waals surface area (Å²) in [6.07, 6.45) is -4.52. The van der Waals surface area contributed by atoms with Crippen molar-refractivity contribution in [3.05, 3.63) is 29.3 Å². The third-order valence-electron chi connectivity index (χ3n) is 2.88. The molecule has 1 amide bonds. The molecule has 0 aromatic heterocycles. The van der Waals surface area contributed by atoms with Gasteiger partial charge in [0.1, 0.15) is 0 Å². The zero-order valence-electron chi connectivity index (χ0n) is 9.54. The van der Waals surface area contributed by atoms with Gasteiger partial charge in [0.05, 0.1) is 0 Å². The molecule has 0 saturated heterocycles. The maximum Gasteiger partial charge on any atom is 0.471 e. The first kappa shape index (κ1) is 12.6. The second kappa shape index (κ2) is 4.12. The highest BCUT2D eigenvalue weighted by atomic mass is 19.4. The Morgan fingerprint density at radius 1 is 1.28 bits per heavy atom. The summed E-state index contributed by atoms with van der Waals surface area (Å²) < 4.78 is 37.2. The van der Waals surface area contributed by atoms with E-state index < -0.39 is 12.1 Å². The fraction of sp³-hybridized carbons (Fsp3) is 0.333. The lowest BCUT2D eigenvalue weighted by molar-refractivity contribution is -0.170. The van der Waals surface area contributed by atoms with Crippen LogP contribution in [0.15, 0.2) is 18.2 Å². The van der Waals surface area contributed by atoms with E-state index in [1.807, 2.05) is 0 Å². The molecule has 0 aliphatic carbocycles. The lowest BCUT2D eigenvalue weighted by Crippen LogP contribution is -2.40. The van der Waals surface area contributed by atoms with Crippen LogP contribution in [0.5, 0.6) is 0 Å². The number of alkyl halides is 3. The first-order valence-corrected chi connectivity index (χ1v) is 5.33. The van der Waals surface area contributed by atoms with Crippen LogP contribution >= 0.6 is 0 Å². The van der Waals surface area contributed by atoms with Gasteiger partial charge >= 0.3 is 12.1 Å². The maximum absolute atomic E-state index is 12.4. The number of Topliss-reactive ketones (excluding diaryl/α,β-unsaturated/α-hetero) is 1. The zero-order valence-corrected chi connectivity index (χ0v) is 9.54. The van der Waals surface area contributed by atoms with Crippen molar-refractivity contribution in [2.75, 3.05) is 11.4 Å². The molecule has 0 unspecified atom stereocenters. The number of benzene rings is 1. The number of nitrogens with zero attached hydrogens (tertiary/aromatic N) is 1. The number of anilines is 1. The standard InChI is InChI=1S/C12H10F3NO2/c1-7(17)9-3-2-8-4-5-16(10(8)6-9)11(18)12(13,14)15/h2-3,6H,4-5H2,1H3. The largest absolute Gasteiger partial charge is 0.471 e. The molecular formula is C12H10F3NO2. The molecule has 1 aromatic carbocycles. The van der Waals surface area contributed by atoms with Crippen LogP contribution < -0.4 is 4.90 Å². The van der Waals surface area contributed by atoms with E-state index in [2.05, 4.69) is 0 Å². The Labute approximate surface area is 101 Å². The van der Waals surface area contributed by atoms with Crippen molar-refractivity contribution in [1.82, 2.24) is 0 Å². The molecule has 0 saturated carbocycles. The van der Waals surface area contributed by atoms with Gasteiger partial charge in [-0.05, 0) is 25.0 Å². The Morgan fingerprint density at radius 3 is 2.50 bits per heavy atom. The number of hydrogen-bond acceptors (Lipinski definition) is 2. The van der Waals surface area contributed by atoms with Gasteiger partial charge in [-0.2, -0.15) is 13.2 Å². The highest BCUT2D eigenvalue weighted by molar-refractivity contribution is 6.01. The molecule has 0 fully saturated rings. The van der Waals surface area contributed by atoms with Gasteiger partial charge in [-0.25, -0.2) is 0 Å². The van der Waals surface area contributed by atoms with Gasteiger partial charge in [-0.3, -0.25) is 9.59 Å². The maximum atomic E-state index is 12.4. The van der Waals surface area contributed by atoms with E-state index >= 15 is 0 Å². The Hall–Kier alpha value is -1.85. The Balaban J connectivity index is 2.40. The monoisotopic (exact) mass is 257 g/mol. The highest BCUT2D eigenvalue weighted by Gasteiger charge is 2.44. The molecular weight excluding hydrogens is 247 g/mol. The van der Waals surface area contributed by atoms with Gasteiger partial charge in [-0.15, -0.1) is 0 Å². The molecule has 0 N–H and O–H groups in total. The van der Waals surface area contributed by atoms with E-state index in [9.17, 15) is 22.8 Å². The molecule has 96 valence electrons. The van der Waals surface area contributed by atoms with Crippen molar-refractivity contribution in [2.24, 2.45) is 0 Å². The Morgan fingerprint density at radius 2 is 1.94 bits per heavy atom. The molecule has 1 aromatic rings. The minimum absolute atomic E-state index is 0.00493. The first-order chi connectivity index (χ1) is 8.30. The SMILES string of the molecule is CC(=O)c1ccc2c(c1)N(C(=O)C(F)(F)F)CC2. The third-order valence-corrected chi connectivity index (χ3v) is 2.88. The van der Waals surface area contributed by atoms with Crippen LogP contribution in [0, 0.1) is 0 Å². The number of ketones is 1. The molecule has 3 nitrogen and oxygen atoms in total. The number of hydrogen-bond donors (Lipinski definition) is 0. The lowest BCUT2D eigenvalue weighted by Gasteiger charge is -2.19. The average molecular weight is 257 g/mol. The molecule has 18 heavy (non-hydrogen) atoms. The molecule has 1 heterocycles.